The molecule has 1 fully saturated rings. The number of sulfonamides is 1. The molecule has 94 valence electrons. The van der Waals surface area contributed by atoms with Crippen molar-refractivity contribution in [2.75, 3.05) is 19.3 Å². The predicted octanol–water partition coefficient (Wildman–Crippen LogP) is 1.95. The summed E-state index contributed by atoms with van der Waals surface area (Å²) in [4.78, 5) is 0.0855. The van der Waals surface area contributed by atoms with Crippen LogP contribution in [0.4, 0.5) is 5.69 Å². The first-order valence-electron chi connectivity index (χ1n) is 5.42. The largest absolute Gasteiger partial charge is 0.399 e. The van der Waals surface area contributed by atoms with Crippen LogP contribution in [0.2, 0.25) is 5.02 Å². The Morgan fingerprint density at radius 3 is 2.71 bits per heavy atom. The maximum absolute atomic E-state index is 12.3. The molecule has 4 nitrogen and oxygen atoms in total. The quantitative estimate of drug-likeness (QED) is 0.854. The van der Waals surface area contributed by atoms with Crippen LogP contribution in [0.1, 0.15) is 12.8 Å². The normalized spacial score (nSPS) is 16.4. The summed E-state index contributed by atoms with van der Waals surface area (Å²) in [5.41, 5.74) is 5.99. The van der Waals surface area contributed by atoms with E-state index in [1.54, 1.807) is 13.1 Å². The van der Waals surface area contributed by atoms with E-state index >= 15 is 0 Å². The zero-order valence-corrected chi connectivity index (χ0v) is 11.1. The smallest absolute Gasteiger partial charge is 0.244 e. The minimum atomic E-state index is -3.53. The summed E-state index contributed by atoms with van der Waals surface area (Å²) >= 11 is 5.92. The fourth-order valence-electron chi connectivity index (χ4n) is 1.65. The van der Waals surface area contributed by atoms with Crippen LogP contribution in [0.5, 0.6) is 0 Å². The van der Waals surface area contributed by atoms with Crippen LogP contribution in [0.3, 0.4) is 0 Å². The fourth-order valence-corrected chi connectivity index (χ4v) is 3.40. The number of halogens is 1. The summed E-state index contributed by atoms with van der Waals surface area (Å²) < 4.78 is 25.9. The molecule has 1 saturated carbocycles. The Balaban J connectivity index is 2.32. The molecule has 0 aromatic heterocycles. The second-order valence-electron chi connectivity index (χ2n) is 4.42. The van der Waals surface area contributed by atoms with E-state index < -0.39 is 10.0 Å². The van der Waals surface area contributed by atoms with Crippen LogP contribution in [0.25, 0.3) is 0 Å². The molecular formula is C11H15ClN2O2S. The highest BCUT2D eigenvalue weighted by Crippen LogP contribution is 2.32. The maximum Gasteiger partial charge on any atom is 0.244 e. The Morgan fingerprint density at radius 2 is 2.12 bits per heavy atom. The van der Waals surface area contributed by atoms with Crippen molar-refractivity contribution in [2.45, 2.75) is 17.7 Å². The van der Waals surface area contributed by atoms with Gasteiger partial charge < -0.3 is 5.73 Å². The molecule has 0 radical (unpaired) electrons. The molecule has 0 unspecified atom stereocenters. The van der Waals surface area contributed by atoms with Crippen LogP contribution in [-0.2, 0) is 10.0 Å². The van der Waals surface area contributed by atoms with Gasteiger partial charge in [-0.25, -0.2) is 12.7 Å². The third-order valence-corrected chi connectivity index (χ3v) is 5.16. The third-order valence-electron chi connectivity index (χ3n) is 2.86. The lowest BCUT2D eigenvalue weighted by molar-refractivity contribution is 0.453. The Bertz CT molecular complexity index is 526. The highest BCUT2D eigenvalue weighted by Gasteiger charge is 2.30. The number of rotatable bonds is 4. The number of nitrogens with two attached hydrogens (primary N) is 1. The lowest BCUT2D eigenvalue weighted by Crippen LogP contribution is -2.29. The lowest BCUT2D eigenvalue weighted by atomic mass is 10.3. The summed E-state index contributed by atoms with van der Waals surface area (Å²) in [6.07, 6.45) is 2.20. The van der Waals surface area contributed by atoms with Gasteiger partial charge in [-0.15, -0.1) is 0 Å². The molecule has 0 spiro atoms. The van der Waals surface area contributed by atoms with Gasteiger partial charge in [-0.05, 0) is 37.0 Å². The number of nitrogens with zero attached hydrogens (tertiary/aromatic N) is 1. The molecule has 1 aliphatic rings. The number of hydrogen-bond acceptors (Lipinski definition) is 3. The van der Waals surface area contributed by atoms with Crippen molar-refractivity contribution in [3.63, 3.8) is 0 Å². The van der Waals surface area contributed by atoms with Gasteiger partial charge >= 0.3 is 0 Å². The molecule has 6 heteroatoms. The molecule has 17 heavy (non-hydrogen) atoms. The first-order chi connectivity index (χ1) is 7.91. The number of nitrogen functional groups attached to an aromatic ring is 1. The number of benzene rings is 1. The molecule has 1 aromatic rings. The molecule has 1 aliphatic carbocycles. The fraction of sp³-hybridized carbons (Fsp3) is 0.455. The highest BCUT2D eigenvalue weighted by atomic mass is 35.5. The minimum absolute atomic E-state index is 0.0855. The monoisotopic (exact) mass is 274 g/mol. The van der Waals surface area contributed by atoms with Crippen LogP contribution in [-0.4, -0.2) is 26.3 Å². The SMILES string of the molecule is CN(CC1CC1)S(=O)(=O)c1cc(N)ccc1Cl. The lowest BCUT2D eigenvalue weighted by Gasteiger charge is -2.17. The zero-order chi connectivity index (χ0) is 12.6. The van der Waals surface area contributed by atoms with Crippen molar-refractivity contribution < 1.29 is 8.42 Å². The molecule has 2 N–H and O–H groups in total. The average molecular weight is 275 g/mol. The molecule has 2 rings (SSSR count). The van der Waals surface area contributed by atoms with Gasteiger partial charge in [0.1, 0.15) is 4.90 Å². The molecule has 0 amide bonds. The van der Waals surface area contributed by atoms with Gasteiger partial charge in [0.15, 0.2) is 0 Å². The molecule has 0 aliphatic heterocycles. The van der Waals surface area contributed by atoms with E-state index in [-0.39, 0.29) is 9.92 Å². The Labute approximate surface area is 106 Å². The van der Waals surface area contributed by atoms with Crippen LogP contribution >= 0.6 is 11.6 Å². The van der Waals surface area contributed by atoms with Gasteiger partial charge in [0, 0.05) is 19.3 Å². The van der Waals surface area contributed by atoms with Crippen molar-refractivity contribution in [3.05, 3.63) is 23.2 Å². The maximum atomic E-state index is 12.3. The third kappa shape index (κ3) is 2.73. The van der Waals surface area contributed by atoms with Crippen molar-refractivity contribution in [3.8, 4) is 0 Å². The molecule has 0 heterocycles. The molecular weight excluding hydrogens is 260 g/mol. The second kappa shape index (κ2) is 4.48. The van der Waals surface area contributed by atoms with Gasteiger partial charge in [-0.2, -0.15) is 0 Å². The van der Waals surface area contributed by atoms with Crippen molar-refractivity contribution in [1.82, 2.24) is 4.31 Å². The molecule has 0 saturated heterocycles. The molecule has 0 bridgehead atoms. The Hall–Kier alpha value is -0.780. The summed E-state index contributed by atoms with van der Waals surface area (Å²) in [6.45, 7) is 0.549. The van der Waals surface area contributed by atoms with Crippen LogP contribution < -0.4 is 5.73 Å². The van der Waals surface area contributed by atoms with E-state index in [2.05, 4.69) is 0 Å². The molecule has 1 aromatic carbocycles. The minimum Gasteiger partial charge on any atom is -0.399 e. The van der Waals surface area contributed by atoms with Gasteiger partial charge in [0.2, 0.25) is 10.0 Å². The van der Waals surface area contributed by atoms with E-state index in [1.807, 2.05) is 0 Å². The van der Waals surface area contributed by atoms with Gasteiger partial charge in [0.05, 0.1) is 5.02 Å². The first-order valence-corrected chi connectivity index (χ1v) is 7.24. The number of anilines is 1. The van der Waals surface area contributed by atoms with E-state index in [4.69, 9.17) is 17.3 Å². The van der Waals surface area contributed by atoms with Crippen LogP contribution in [0.15, 0.2) is 23.1 Å². The topological polar surface area (TPSA) is 63.4 Å². The Morgan fingerprint density at radius 1 is 1.47 bits per heavy atom. The second-order valence-corrected chi connectivity index (χ2v) is 6.84. The predicted molar refractivity (Wildman–Crippen MR) is 68.4 cm³/mol. The molecule has 0 atom stereocenters. The van der Waals surface area contributed by atoms with Gasteiger partial charge in [-0.1, -0.05) is 11.6 Å². The van der Waals surface area contributed by atoms with Gasteiger partial charge in [0.25, 0.3) is 0 Å². The highest BCUT2D eigenvalue weighted by molar-refractivity contribution is 7.89. The van der Waals surface area contributed by atoms with Gasteiger partial charge in [-0.3, -0.25) is 0 Å². The van der Waals surface area contributed by atoms with E-state index in [0.717, 1.165) is 12.8 Å². The van der Waals surface area contributed by atoms with Crippen molar-refractivity contribution in [1.29, 1.82) is 0 Å². The van der Waals surface area contributed by atoms with Crippen molar-refractivity contribution >= 4 is 27.3 Å². The number of hydrogen-bond donors (Lipinski definition) is 1. The summed E-state index contributed by atoms with van der Waals surface area (Å²) in [6, 6.07) is 4.50. The van der Waals surface area contributed by atoms with Crippen LogP contribution in [0, 0.1) is 5.92 Å². The summed E-state index contributed by atoms with van der Waals surface area (Å²) in [5, 5.41) is 0.210. The summed E-state index contributed by atoms with van der Waals surface area (Å²) in [7, 11) is -1.95. The van der Waals surface area contributed by atoms with E-state index in [1.165, 1.54) is 16.4 Å². The standard InChI is InChI=1S/C11H15ClN2O2S/c1-14(7-8-2-3-8)17(15,16)11-6-9(13)4-5-10(11)12/h4-6,8H,2-3,7,13H2,1H3. The Kier molecular flexibility index (Phi) is 3.34. The average Bonchev–Trinajstić information content (AvgIpc) is 3.05. The van der Waals surface area contributed by atoms with E-state index in [0.29, 0.717) is 18.2 Å². The van der Waals surface area contributed by atoms with Crippen molar-refractivity contribution in [2.24, 2.45) is 5.92 Å². The zero-order valence-electron chi connectivity index (χ0n) is 9.56. The van der Waals surface area contributed by atoms with E-state index in [9.17, 15) is 8.42 Å². The first kappa shape index (κ1) is 12.7. The summed E-state index contributed by atoms with van der Waals surface area (Å²) in [5.74, 6) is 0.495.